The first-order chi connectivity index (χ1) is 8.21. The molecule has 94 valence electrons. The van der Waals surface area contributed by atoms with Crippen molar-refractivity contribution in [1.82, 2.24) is 5.32 Å². The molecular weight excluding hydrogens is 216 g/mol. The molecule has 0 aliphatic rings. The van der Waals surface area contributed by atoms with Gasteiger partial charge in [0.05, 0.1) is 12.6 Å². The van der Waals surface area contributed by atoms with Crippen LogP contribution in [0.1, 0.15) is 38.2 Å². The van der Waals surface area contributed by atoms with E-state index in [0.29, 0.717) is 24.8 Å². The molecule has 1 atom stereocenters. The van der Waals surface area contributed by atoms with E-state index in [4.69, 9.17) is 9.68 Å². The van der Waals surface area contributed by atoms with Crippen LogP contribution in [0.5, 0.6) is 0 Å². The Bertz CT molecular complexity index is 364. The third-order valence-electron chi connectivity index (χ3n) is 3.02. The Kier molecular flexibility index (Phi) is 5.75. The van der Waals surface area contributed by atoms with E-state index in [1.54, 1.807) is 12.1 Å². The molecule has 17 heavy (non-hydrogen) atoms. The van der Waals surface area contributed by atoms with E-state index in [0.717, 1.165) is 18.6 Å². The number of nitriles is 1. The number of furan rings is 1. The van der Waals surface area contributed by atoms with E-state index >= 15 is 0 Å². The zero-order chi connectivity index (χ0) is 12.7. The minimum absolute atomic E-state index is 0.322. The van der Waals surface area contributed by atoms with Crippen molar-refractivity contribution in [3.63, 3.8) is 0 Å². The molecule has 4 heteroatoms. The highest BCUT2D eigenvalue weighted by Gasteiger charge is 2.14. The monoisotopic (exact) mass is 236 g/mol. The van der Waals surface area contributed by atoms with E-state index in [1.807, 2.05) is 6.07 Å². The summed E-state index contributed by atoms with van der Waals surface area (Å²) < 4.78 is 5.22. The molecule has 0 aliphatic heterocycles. The lowest BCUT2D eigenvalue weighted by Gasteiger charge is -2.20. The van der Waals surface area contributed by atoms with Crippen molar-refractivity contribution in [2.24, 2.45) is 5.92 Å². The van der Waals surface area contributed by atoms with Gasteiger partial charge in [0.1, 0.15) is 11.8 Å². The van der Waals surface area contributed by atoms with Crippen LogP contribution < -0.4 is 5.32 Å². The maximum absolute atomic E-state index is 9.89. The van der Waals surface area contributed by atoms with Gasteiger partial charge in [-0.1, -0.05) is 26.7 Å². The molecule has 0 aromatic carbocycles. The number of rotatable bonds is 7. The van der Waals surface area contributed by atoms with Gasteiger partial charge in [-0.2, -0.15) is 5.26 Å². The molecule has 0 bridgehead atoms. The third-order valence-corrected chi connectivity index (χ3v) is 3.02. The molecule has 0 spiro atoms. The van der Waals surface area contributed by atoms with E-state index in [-0.39, 0.29) is 6.10 Å². The van der Waals surface area contributed by atoms with Gasteiger partial charge in [-0.05, 0) is 18.1 Å². The van der Waals surface area contributed by atoms with Crippen molar-refractivity contribution in [3.8, 4) is 6.07 Å². The lowest BCUT2D eigenvalue weighted by molar-refractivity contribution is 0.101. The van der Waals surface area contributed by atoms with Crippen molar-refractivity contribution in [3.05, 3.63) is 23.7 Å². The third kappa shape index (κ3) is 4.22. The molecule has 0 saturated heterocycles. The van der Waals surface area contributed by atoms with Crippen LogP contribution >= 0.6 is 0 Å². The summed E-state index contributed by atoms with van der Waals surface area (Å²) >= 11 is 0. The molecule has 0 fully saturated rings. The number of hydrogen-bond donors (Lipinski definition) is 2. The molecule has 0 amide bonds. The molecular formula is C13H20N2O2. The van der Waals surface area contributed by atoms with E-state index < -0.39 is 0 Å². The Morgan fingerprint density at radius 2 is 2.12 bits per heavy atom. The normalized spacial score (nSPS) is 12.6. The van der Waals surface area contributed by atoms with Crippen LogP contribution in [-0.4, -0.2) is 17.8 Å². The second-order valence-electron chi connectivity index (χ2n) is 4.15. The van der Waals surface area contributed by atoms with E-state index in [1.165, 1.54) is 0 Å². The van der Waals surface area contributed by atoms with Crippen molar-refractivity contribution in [1.29, 1.82) is 5.26 Å². The summed E-state index contributed by atoms with van der Waals surface area (Å²) in [7, 11) is 0. The van der Waals surface area contributed by atoms with Gasteiger partial charge in [0.15, 0.2) is 0 Å². The van der Waals surface area contributed by atoms with Crippen LogP contribution in [0.15, 0.2) is 16.5 Å². The second kappa shape index (κ2) is 7.10. The Balaban J connectivity index is 2.30. The van der Waals surface area contributed by atoms with Gasteiger partial charge < -0.3 is 14.8 Å². The Morgan fingerprint density at radius 3 is 2.65 bits per heavy atom. The second-order valence-corrected chi connectivity index (χ2v) is 4.15. The molecule has 4 nitrogen and oxygen atoms in total. The topological polar surface area (TPSA) is 69.2 Å². The Hall–Kier alpha value is -1.31. The molecule has 0 saturated carbocycles. The van der Waals surface area contributed by atoms with Crippen LogP contribution in [-0.2, 0) is 6.54 Å². The fourth-order valence-electron chi connectivity index (χ4n) is 1.88. The molecule has 1 aromatic heterocycles. The summed E-state index contributed by atoms with van der Waals surface area (Å²) in [5.41, 5.74) is 0. The molecule has 0 aliphatic carbocycles. The van der Waals surface area contributed by atoms with Crippen molar-refractivity contribution in [2.45, 2.75) is 39.3 Å². The van der Waals surface area contributed by atoms with Crippen LogP contribution in [0.4, 0.5) is 0 Å². The molecule has 1 rings (SSSR count). The molecule has 2 N–H and O–H groups in total. The minimum atomic E-state index is -0.324. The van der Waals surface area contributed by atoms with Crippen molar-refractivity contribution in [2.75, 3.05) is 6.54 Å². The number of nitrogens with zero attached hydrogens (tertiary/aromatic N) is 1. The van der Waals surface area contributed by atoms with Gasteiger partial charge in [-0.25, -0.2) is 0 Å². The quantitative estimate of drug-likeness (QED) is 0.760. The number of aliphatic hydroxyl groups excluding tert-OH is 1. The van der Waals surface area contributed by atoms with Crippen molar-refractivity contribution >= 4 is 0 Å². The van der Waals surface area contributed by atoms with Crippen LogP contribution in [0.25, 0.3) is 0 Å². The molecule has 1 unspecified atom stereocenters. The maximum Gasteiger partial charge on any atom is 0.203 e. The van der Waals surface area contributed by atoms with Gasteiger partial charge in [-0.3, -0.25) is 0 Å². The first kappa shape index (κ1) is 13.8. The van der Waals surface area contributed by atoms with Gasteiger partial charge in [0, 0.05) is 6.54 Å². The van der Waals surface area contributed by atoms with Crippen molar-refractivity contribution < 1.29 is 9.52 Å². The first-order valence-corrected chi connectivity index (χ1v) is 6.08. The van der Waals surface area contributed by atoms with Gasteiger partial charge in [0.2, 0.25) is 5.76 Å². The summed E-state index contributed by atoms with van der Waals surface area (Å²) in [5.74, 6) is 1.38. The summed E-state index contributed by atoms with van der Waals surface area (Å²) in [6.45, 7) is 5.26. The van der Waals surface area contributed by atoms with Gasteiger partial charge in [-0.15, -0.1) is 0 Å². The summed E-state index contributed by atoms with van der Waals surface area (Å²) in [6, 6.07) is 5.36. The highest BCUT2D eigenvalue weighted by Crippen LogP contribution is 2.12. The molecule has 1 aromatic rings. The van der Waals surface area contributed by atoms with E-state index in [2.05, 4.69) is 19.2 Å². The molecule has 1 heterocycles. The lowest BCUT2D eigenvalue weighted by Crippen LogP contribution is -2.32. The number of hydrogen-bond acceptors (Lipinski definition) is 4. The van der Waals surface area contributed by atoms with Crippen LogP contribution in [0.2, 0.25) is 0 Å². The Labute approximate surface area is 102 Å². The van der Waals surface area contributed by atoms with Gasteiger partial charge >= 0.3 is 0 Å². The number of nitrogens with one attached hydrogen (secondary N) is 1. The minimum Gasteiger partial charge on any atom is -0.449 e. The standard InChI is InChI=1S/C13H20N2O2/c1-3-10(4-2)13(16)9-15-8-12-6-5-11(7-14)17-12/h5-6,10,13,15-16H,3-4,8-9H2,1-2H3. The molecule has 0 radical (unpaired) electrons. The highest BCUT2D eigenvalue weighted by atomic mass is 16.3. The van der Waals surface area contributed by atoms with Gasteiger partial charge in [0.25, 0.3) is 0 Å². The maximum atomic E-state index is 9.89. The lowest BCUT2D eigenvalue weighted by atomic mass is 9.96. The summed E-state index contributed by atoms with van der Waals surface area (Å²) in [4.78, 5) is 0. The zero-order valence-corrected chi connectivity index (χ0v) is 10.4. The Morgan fingerprint density at radius 1 is 1.41 bits per heavy atom. The summed E-state index contributed by atoms with van der Waals surface area (Å²) in [5, 5.41) is 21.6. The highest BCUT2D eigenvalue weighted by molar-refractivity contribution is 5.18. The smallest absolute Gasteiger partial charge is 0.203 e. The number of aliphatic hydroxyl groups is 1. The summed E-state index contributed by atoms with van der Waals surface area (Å²) in [6.07, 6.45) is 1.65. The predicted molar refractivity (Wildman–Crippen MR) is 65.2 cm³/mol. The van der Waals surface area contributed by atoms with E-state index in [9.17, 15) is 5.11 Å². The van der Waals surface area contributed by atoms with Crippen LogP contribution in [0.3, 0.4) is 0 Å². The largest absolute Gasteiger partial charge is 0.449 e. The SMILES string of the molecule is CCC(CC)C(O)CNCc1ccc(C#N)o1. The fourth-order valence-corrected chi connectivity index (χ4v) is 1.88. The van der Waals surface area contributed by atoms with Crippen LogP contribution in [0, 0.1) is 17.2 Å². The fraction of sp³-hybridized carbons (Fsp3) is 0.615. The average molecular weight is 236 g/mol. The zero-order valence-electron chi connectivity index (χ0n) is 10.4. The predicted octanol–water partition coefficient (Wildman–Crippen LogP) is 2.04. The average Bonchev–Trinajstić information content (AvgIpc) is 2.78. The first-order valence-electron chi connectivity index (χ1n) is 6.08.